The molecule has 1 aliphatic rings. The van der Waals surface area contributed by atoms with Crippen molar-refractivity contribution in [3.63, 3.8) is 0 Å². The number of benzene rings is 1. The summed E-state index contributed by atoms with van der Waals surface area (Å²) in [6, 6.07) is 14.2. The molecule has 5 nitrogen and oxygen atoms in total. The van der Waals surface area contributed by atoms with Gasteiger partial charge in [-0.3, -0.25) is 9.69 Å². The summed E-state index contributed by atoms with van der Waals surface area (Å²) in [5, 5.41) is 0. The Hall–Kier alpha value is -2.66. The van der Waals surface area contributed by atoms with Crippen LogP contribution in [0, 0.1) is 0 Å². The van der Waals surface area contributed by atoms with Crippen molar-refractivity contribution in [1.82, 2.24) is 14.8 Å². The molecular weight excluding hydrogens is 360 g/mol. The van der Waals surface area contributed by atoms with Gasteiger partial charge in [0.2, 0.25) is 0 Å². The molecule has 0 unspecified atom stereocenters. The largest absolute Gasteiger partial charge is 0.360 e. The topological polar surface area (TPSA) is 39.7 Å². The molecule has 3 rings (SSSR count). The number of pyridine rings is 1. The van der Waals surface area contributed by atoms with Crippen LogP contribution in [0.15, 0.2) is 54.7 Å². The minimum absolute atomic E-state index is 0.0831. The molecule has 0 atom stereocenters. The summed E-state index contributed by atoms with van der Waals surface area (Å²) >= 11 is 0. The molecule has 2 aromatic rings. The first-order valence-electron chi connectivity index (χ1n) is 10.6. The summed E-state index contributed by atoms with van der Waals surface area (Å²) in [6.45, 7) is 7.40. The molecule has 1 saturated heterocycles. The van der Waals surface area contributed by atoms with E-state index >= 15 is 0 Å². The average Bonchev–Trinajstić information content (AvgIpc) is 2.78. The molecule has 0 bridgehead atoms. The lowest BCUT2D eigenvalue weighted by molar-refractivity contribution is 0.0650. The number of rotatable bonds is 8. The fraction of sp³-hybridized carbons (Fsp3) is 0.417. The minimum Gasteiger partial charge on any atom is -0.360 e. The first kappa shape index (κ1) is 21.1. The zero-order chi connectivity index (χ0) is 20.5. The number of hydrogen-bond donors (Lipinski definition) is 0. The van der Waals surface area contributed by atoms with Gasteiger partial charge in [0.05, 0.1) is 5.56 Å². The van der Waals surface area contributed by atoms with E-state index in [0.29, 0.717) is 5.56 Å². The highest BCUT2D eigenvalue weighted by Crippen LogP contribution is 2.13. The second-order valence-corrected chi connectivity index (χ2v) is 7.59. The third kappa shape index (κ3) is 6.16. The van der Waals surface area contributed by atoms with E-state index in [1.807, 2.05) is 30.1 Å². The van der Waals surface area contributed by atoms with Crippen LogP contribution < -0.4 is 4.90 Å². The Morgan fingerprint density at radius 2 is 1.86 bits per heavy atom. The van der Waals surface area contributed by atoms with Crippen LogP contribution in [-0.4, -0.2) is 67.0 Å². The molecule has 5 heteroatoms. The second-order valence-electron chi connectivity index (χ2n) is 7.59. The standard InChI is InChI=1S/C24H32N4O/c1-3-4-14-26(2)23-13-12-22(20-25-23)24(29)28-18-16-27(17-19-28)15-8-11-21-9-6-5-7-10-21/h5-13,20H,3-4,14-19H2,1-2H3/b11-8+. The molecule has 1 fully saturated rings. The molecule has 1 aromatic heterocycles. The fourth-order valence-electron chi connectivity index (χ4n) is 3.47. The van der Waals surface area contributed by atoms with Gasteiger partial charge in [0.15, 0.2) is 0 Å². The van der Waals surface area contributed by atoms with E-state index in [0.717, 1.165) is 57.9 Å². The van der Waals surface area contributed by atoms with Crippen molar-refractivity contribution in [2.24, 2.45) is 0 Å². The highest BCUT2D eigenvalue weighted by Gasteiger charge is 2.21. The van der Waals surface area contributed by atoms with Gasteiger partial charge in [-0.2, -0.15) is 0 Å². The summed E-state index contributed by atoms with van der Waals surface area (Å²) in [6.07, 6.45) is 8.38. The highest BCUT2D eigenvalue weighted by atomic mass is 16.2. The molecule has 0 radical (unpaired) electrons. The van der Waals surface area contributed by atoms with E-state index in [4.69, 9.17) is 0 Å². The number of unbranched alkanes of at least 4 members (excludes halogenated alkanes) is 1. The third-order valence-electron chi connectivity index (χ3n) is 5.37. The Morgan fingerprint density at radius 1 is 1.10 bits per heavy atom. The number of nitrogens with zero attached hydrogens (tertiary/aromatic N) is 4. The van der Waals surface area contributed by atoms with Crippen LogP contribution >= 0.6 is 0 Å². The monoisotopic (exact) mass is 392 g/mol. The van der Waals surface area contributed by atoms with Gasteiger partial charge in [-0.05, 0) is 24.1 Å². The van der Waals surface area contributed by atoms with Gasteiger partial charge in [-0.1, -0.05) is 55.8 Å². The van der Waals surface area contributed by atoms with E-state index in [-0.39, 0.29) is 5.91 Å². The van der Waals surface area contributed by atoms with Gasteiger partial charge in [0.25, 0.3) is 5.91 Å². The van der Waals surface area contributed by atoms with Gasteiger partial charge in [0.1, 0.15) is 5.82 Å². The number of aromatic nitrogens is 1. The van der Waals surface area contributed by atoms with E-state index in [1.54, 1.807) is 6.20 Å². The summed E-state index contributed by atoms with van der Waals surface area (Å²) in [5.41, 5.74) is 1.90. The number of carbonyl (C=O) groups excluding carboxylic acids is 1. The number of hydrogen-bond acceptors (Lipinski definition) is 4. The van der Waals surface area contributed by atoms with Gasteiger partial charge in [-0.25, -0.2) is 4.98 Å². The Morgan fingerprint density at radius 3 is 2.52 bits per heavy atom. The molecule has 0 aliphatic carbocycles. The third-order valence-corrected chi connectivity index (χ3v) is 5.37. The lowest BCUT2D eigenvalue weighted by Crippen LogP contribution is -2.48. The highest BCUT2D eigenvalue weighted by molar-refractivity contribution is 5.94. The fourth-order valence-corrected chi connectivity index (χ4v) is 3.47. The van der Waals surface area contributed by atoms with Crippen molar-refractivity contribution in [2.75, 3.05) is 51.2 Å². The summed E-state index contributed by atoms with van der Waals surface area (Å²) in [5.74, 6) is 1.00. The Labute approximate surface area is 174 Å². The van der Waals surface area contributed by atoms with Crippen LogP contribution in [0.2, 0.25) is 0 Å². The minimum atomic E-state index is 0.0831. The molecule has 0 N–H and O–H groups in total. The van der Waals surface area contributed by atoms with Gasteiger partial charge in [-0.15, -0.1) is 0 Å². The molecule has 0 saturated carbocycles. The summed E-state index contributed by atoms with van der Waals surface area (Å²) in [4.78, 5) is 23.7. The lowest BCUT2D eigenvalue weighted by Gasteiger charge is -2.34. The van der Waals surface area contributed by atoms with Crippen LogP contribution in [0.3, 0.4) is 0 Å². The molecule has 1 aliphatic heterocycles. The van der Waals surface area contributed by atoms with Crippen LogP contribution in [0.4, 0.5) is 5.82 Å². The summed E-state index contributed by atoms with van der Waals surface area (Å²) < 4.78 is 0. The zero-order valence-electron chi connectivity index (χ0n) is 17.6. The maximum atomic E-state index is 12.8. The Bertz CT molecular complexity index is 780. The number of anilines is 1. The smallest absolute Gasteiger partial charge is 0.255 e. The first-order valence-corrected chi connectivity index (χ1v) is 10.6. The Kier molecular flexibility index (Phi) is 7.82. The molecule has 154 valence electrons. The number of carbonyl (C=O) groups is 1. The zero-order valence-corrected chi connectivity index (χ0v) is 17.6. The molecule has 29 heavy (non-hydrogen) atoms. The van der Waals surface area contributed by atoms with Crippen LogP contribution in [0.5, 0.6) is 0 Å². The van der Waals surface area contributed by atoms with Crippen LogP contribution in [0.1, 0.15) is 35.7 Å². The maximum absolute atomic E-state index is 12.8. The van der Waals surface area contributed by atoms with Crippen LogP contribution in [0.25, 0.3) is 6.08 Å². The van der Waals surface area contributed by atoms with Crippen molar-refractivity contribution >= 4 is 17.8 Å². The number of piperazine rings is 1. The summed E-state index contributed by atoms with van der Waals surface area (Å²) in [7, 11) is 2.05. The molecule has 1 aromatic carbocycles. The van der Waals surface area contributed by atoms with Gasteiger partial charge < -0.3 is 9.80 Å². The maximum Gasteiger partial charge on any atom is 0.255 e. The van der Waals surface area contributed by atoms with Crippen molar-refractivity contribution < 1.29 is 4.79 Å². The molecule has 2 heterocycles. The Balaban J connectivity index is 1.46. The number of amides is 1. The van der Waals surface area contributed by atoms with E-state index < -0.39 is 0 Å². The van der Waals surface area contributed by atoms with E-state index in [9.17, 15) is 4.79 Å². The SMILES string of the molecule is CCCCN(C)c1ccc(C(=O)N2CCN(C/C=C/c3ccccc3)CC2)cn1. The second kappa shape index (κ2) is 10.8. The molecule has 1 amide bonds. The molecule has 0 spiro atoms. The van der Waals surface area contributed by atoms with Gasteiger partial charge >= 0.3 is 0 Å². The van der Waals surface area contributed by atoms with Crippen molar-refractivity contribution in [3.05, 3.63) is 65.9 Å². The average molecular weight is 393 g/mol. The quantitative estimate of drug-likeness (QED) is 0.685. The predicted octanol–water partition coefficient (Wildman–Crippen LogP) is 3.79. The predicted molar refractivity (Wildman–Crippen MR) is 120 cm³/mol. The first-order chi connectivity index (χ1) is 14.2. The normalized spacial score (nSPS) is 15.0. The van der Waals surface area contributed by atoms with E-state index in [2.05, 4.69) is 58.1 Å². The van der Waals surface area contributed by atoms with Gasteiger partial charge in [0, 0.05) is 52.5 Å². The van der Waals surface area contributed by atoms with Crippen molar-refractivity contribution in [3.8, 4) is 0 Å². The van der Waals surface area contributed by atoms with E-state index in [1.165, 1.54) is 5.56 Å². The molecular formula is C24H32N4O. The van der Waals surface area contributed by atoms with Crippen molar-refractivity contribution in [2.45, 2.75) is 19.8 Å². The van der Waals surface area contributed by atoms with Crippen LogP contribution in [-0.2, 0) is 0 Å². The van der Waals surface area contributed by atoms with Crippen molar-refractivity contribution in [1.29, 1.82) is 0 Å². The lowest BCUT2D eigenvalue weighted by atomic mass is 10.2.